The van der Waals surface area contributed by atoms with E-state index < -0.39 is 23.9 Å². The summed E-state index contributed by atoms with van der Waals surface area (Å²) in [5.41, 5.74) is 6.73. The standard InChI is InChI=1S/C19H21N3O4/c20-17(23)12-21-18(24)16(11-14-7-3-1-4-8-14)22-19(25)26-13-15-9-5-2-6-10-15/h1-10,16H,11-13H2,(H2,20,23)(H,21,24)(H,22,25). The van der Waals surface area contributed by atoms with Gasteiger partial charge in [-0.2, -0.15) is 0 Å². The van der Waals surface area contributed by atoms with Gasteiger partial charge in [0.05, 0.1) is 6.54 Å². The number of alkyl carbamates (subject to hydrolysis) is 1. The van der Waals surface area contributed by atoms with Crippen LogP contribution in [0.3, 0.4) is 0 Å². The fourth-order valence-corrected chi connectivity index (χ4v) is 2.26. The first-order chi connectivity index (χ1) is 12.5. The molecule has 0 radical (unpaired) electrons. The molecule has 0 saturated heterocycles. The van der Waals surface area contributed by atoms with Gasteiger partial charge in [-0.3, -0.25) is 9.59 Å². The highest BCUT2D eigenvalue weighted by atomic mass is 16.5. The number of rotatable bonds is 8. The quantitative estimate of drug-likeness (QED) is 0.659. The number of carbonyl (C=O) groups is 3. The lowest BCUT2D eigenvalue weighted by atomic mass is 10.1. The van der Waals surface area contributed by atoms with Gasteiger partial charge in [0.1, 0.15) is 12.6 Å². The Hall–Kier alpha value is -3.35. The molecule has 0 spiro atoms. The van der Waals surface area contributed by atoms with Crippen LogP contribution in [-0.4, -0.2) is 30.5 Å². The van der Waals surface area contributed by atoms with Crippen molar-refractivity contribution in [3.63, 3.8) is 0 Å². The molecule has 26 heavy (non-hydrogen) atoms. The minimum atomic E-state index is -0.889. The number of amides is 3. The van der Waals surface area contributed by atoms with Gasteiger partial charge < -0.3 is 21.1 Å². The number of benzene rings is 2. The van der Waals surface area contributed by atoms with Crippen LogP contribution in [-0.2, 0) is 27.4 Å². The summed E-state index contributed by atoms with van der Waals surface area (Å²) in [6.45, 7) is -0.210. The maximum atomic E-state index is 12.3. The molecule has 1 atom stereocenters. The van der Waals surface area contributed by atoms with Gasteiger partial charge in [-0.25, -0.2) is 4.79 Å². The molecule has 136 valence electrons. The van der Waals surface area contributed by atoms with Gasteiger partial charge in [0.2, 0.25) is 11.8 Å². The van der Waals surface area contributed by atoms with Crippen LogP contribution < -0.4 is 16.4 Å². The number of hydrogen-bond acceptors (Lipinski definition) is 4. The van der Waals surface area contributed by atoms with E-state index in [0.29, 0.717) is 0 Å². The van der Waals surface area contributed by atoms with Crippen molar-refractivity contribution in [1.82, 2.24) is 10.6 Å². The van der Waals surface area contributed by atoms with Crippen molar-refractivity contribution in [1.29, 1.82) is 0 Å². The zero-order chi connectivity index (χ0) is 18.8. The highest BCUT2D eigenvalue weighted by molar-refractivity contribution is 5.89. The molecular formula is C19H21N3O4. The van der Waals surface area contributed by atoms with E-state index >= 15 is 0 Å². The predicted molar refractivity (Wildman–Crippen MR) is 95.9 cm³/mol. The van der Waals surface area contributed by atoms with Crippen molar-refractivity contribution in [3.8, 4) is 0 Å². The Morgan fingerprint density at radius 3 is 2.08 bits per heavy atom. The van der Waals surface area contributed by atoms with Crippen LogP contribution in [0.25, 0.3) is 0 Å². The van der Waals surface area contributed by atoms with E-state index in [0.717, 1.165) is 11.1 Å². The summed E-state index contributed by atoms with van der Waals surface area (Å²) in [5.74, 6) is -1.17. The Bertz CT molecular complexity index is 735. The number of primary amides is 1. The summed E-state index contributed by atoms with van der Waals surface area (Å²) in [7, 11) is 0. The Kier molecular flexibility index (Phi) is 7.17. The molecule has 0 fully saturated rings. The molecule has 0 aliphatic carbocycles. The third-order valence-electron chi connectivity index (χ3n) is 3.54. The average Bonchev–Trinajstić information content (AvgIpc) is 2.65. The highest BCUT2D eigenvalue weighted by Crippen LogP contribution is 2.05. The van der Waals surface area contributed by atoms with Crippen LogP contribution in [0.15, 0.2) is 60.7 Å². The minimum Gasteiger partial charge on any atom is -0.445 e. The van der Waals surface area contributed by atoms with Crippen molar-refractivity contribution >= 4 is 17.9 Å². The molecule has 3 amide bonds. The van der Waals surface area contributed by atoms with Crippen molar-refractivity contribution in [2.75, 3.05) is 6.54 Å². The summed E-state index contributed by atoms with van der Waals surface area (Å²) in [5, 5.41) is 4.93. The summed E-state index contributed by atoms with van der Waals surface area (Å²) < 4.78 is 5.15. The lowest BCUT2D eigenvalue weighted by Crippen LogP contribution is -2.49. The molecule has 2 rings (SSSR count). The molecule has 7 nitrogen and oxygen atoms in total. The fourth-order valence-electron chi connectivity index (χ4n) is 2.26. The molecule has 0 aliphatic heterocycles. The first-order valence-electron chi connectivity index (χ1n) is 8.12. The number of nitrogens with two attached hydrogens (primary N) is 1. The summed E-state index contributed by atoms with van der Waals surface area (Å²) in [6.07, 6.45) is -0.463. The Balaban J connectivity index is 1.96. The van der Waals surface area contributed by atoms with Crippen molar-refractivity contribution in [2.24, 2.45) is 5.73 Å². The second-order valence-electron chi connectivity index (χ2n) is 5.63. The molecule has 2 aromatic rings. The molecule has 0 saturated carbocycles. The molecule has 1 unspecified atom stereocenters. The molecule has 0 aliphatic rings. The largest absolute Gasteiger partial charge is 0.445 e. The SMILES string of the molecule is NC(=O)CNC(=O)C(Cc1ccccc1)NC(=O)OCc1ccccc1. The molecule has 0 bridgehead atoms. The summed E-state index contributed by atoms with van der Waals surface area (Å²) in [4.78, 5) is 35.2. The second kappa shape index (κ2) is 9.83. The maximum absolute atomic E-state index is 12.3. The van der Waals surface area contributed by atoms with E-state index in [-0.39, 0.29) is 19.6 Å². The van der Waals surface area contributed by atoms with Gasteiger partial charge in [0.25, 0.3) is 0 Å². The summed E-state index contributed by atoms with van der Waals surface area (Å²) >= 11 is 0. The lowest BCUT2D eigenvalue weighted by molar-refractivity contribution is -0.126. The van der Waals surface area contributed by atoms with Crippen LogP contribution in [0.4, 0.5) is 4.79 Å². The monoisotopic (exact) mass is 355 g/mol. The van der Waals surface area contributed by atoms with E-state index in [1.54, 1.807) is 0 Å². The van der Waals surface area contributed by atoms with E-state index in [4.69, 9.17) is 10.5 Å². The van der Waals surface area contributed by atoms with Gasteiger partial charge in [-0.1, -0.05) is 60.7 Å². The van der Waals surface area contributed by atoms with Crippen LogP contribution in [0.2, 0.25) is 0 Å². The average molecular weight is 355 g/mol. The molecule has 7 heteroatoms. The number of hydrogen-bond donors (Lipinski definition) is 3. The second-order valence-corrected chi connectivity index (χ2v) is 5.63. The summed E-state index contributed by atoms with van der Waals surface area (Å²) in [6, 6.07) is 17.5. The molecule has 4 N–H and O–H groups in total. The van der Waals surface area contributed by atoms with Crippen molar-refractivity contribution < 1.29 is 19.1 Å². The normalized spacial score (nSPS) is 11.2. The van der Waals surface area contributed by atoms with E-state index in [9.17, 15) is 14.4 Å². The number of nitrogens with one attached hydrogen (secondary N) is 2. The van der Waals surface area contributed by atoms with Crippen LogP contribution in [0.5, 0.6) is 0 Å². The van der Waals surface area contributed by atoms with E-state index in [2.05, 4.69) is 10.6 Å². The third kappa shape index (κ3) is 6.64. The van der Waals surface area contributed by atoms with Gasteiger partial charge in [0, 0.05) is 6.42 Å². The predicted octanol–water partition coefficient (Wildman–Crippen LogP) is 1.13. The zero-order valence-electron chi connectivity index (χ0n) is 14.2. The number of ether oxygens (including phenoxy) is 1. The van der Waals surface area contributed by atoms with Crippen LogP contribution >= 0.6 is 0 Å². The lowest BCUT2D eigenvalue weighted by Gasteiger charge is -2.18. The Morgan fingerprint density at radius 2 is 1.50 bits per heavy atom. The van der Waals surface area contributed by atoms with Gasteiger partial charge >= 0.3 is 6.09 Å². The van der Waals surface area contributed by atoms with E-state index in [1.807, 2.05) is 60.7 Å². The van der Waals surface area contributed by atoms with Gasteiger partial charge in [0.15, 0.2) is 0 Å². The Labute approximate surface area is 151 Å². The number of carbonyl (C=O) groups excluding carboxylic acids is 3. The maximum Gasteiger partial charge on any atom is 0.408 e. The van der Waals surface area contributed by atoms with Crippen molar-refractivity contribution in [2.45, 2.75) is 19.1 Å². The molecule has 0 heterocycles. The molecule has 2 aromatic carbocycles. The fraction of sp³-hybridized carbons (Fsp3) is 0.211. The molecule has 0 aromatic heterocycles. The minimum absolute atomic E-state index is 0.0909. The zero-order valence-corrected chi connectivity index (χ0v) is 14.2. The van der Waals surface area contributed by atoms with Gasteiger partial charge in [-0.05, 0) is 11.1 Å². The van der Waals surface area contributed by atoms with E-state index in [1.165, 1.54) is 0 Å². The van der Waals surface area contributed by atoms with Crippen LogP contribution in [0.1, 0.15) is 11.1 Å². The topological polar surface area (TPSA) is 111 Å². The smallest absolute Gasteiger partial charge is 0.408 e. The first kappa shape index (κ1) is 19.0. The van der Waals surface area contributed by atoms with Crippen molar-refractivity contribution in [3.05, 3.63) is 71.8 Å². The van der Waals surface area contributed by atoms with Gasteiger partial charge in [-0.15, -0.1) is 0 Å². The first-order valence-corrected chi connectivity index (χ1v) is 8.12. The highest BCUT2D eigenvalue weighted by Gasteiger charge is 2.22. The Morgan fingerprint density at radius 1 is 0.923 bits per heavy atom. The third-order valence-corrected chi connectivity index (χ3v) is 3.54. The van der Waals surface area contributed by atoms with Crippen LogP contribution in [0, 0.1) is 0 Å². The molecular weight excluding hydrogens is 334 g/mol.